The largest absolute Gasteiger partial charge is 0.383 e. The first-order valence-electron chi connectivity index (χ1n) is 9.71. The standard InChI is InChI=1S/C20H26ClN7O2/c1-5-13(2)23-17-10-15(21)11-18-24-20(26-28(17)18)25-19(29)14-6-7-16(22-12-14)27(3)8-9-30-4/h6-7,10-13,23H,5,8-9H2,1-4H3,(H,25,26,29). The van der Waals surface area contributed by atoms with Gasteiger partial charge in [-0.1, -0.05) is 18.5 Å². The predicted octanol–water partition coefficient (Wildman–Crippen LogP) is 3.32. The van der Waals surface area contributed by atoms with Crippen molar-refractivity contribution >= 4 is 40.7 Å². The number of nitrogens with zero attached hydrogens (tertiary/aromatic N) is 5. The Morgan fingerprint density at radius 3 is 2.83 bits per heavy atom. The van der Waals surface area contributed by atoms with Gasteiger partial charge in [-0.15, -0.1) is 5.10 Å². The maximum Gasteiger partial charge on any atom is 0.259 e. The molecule has 0 saturated carbocycles. The van der Waals surface area contributed by atoms with E-state index in [1.807, 2.05) is 11.9 Å². The number of nitrogens with one attached hydrogen (secondary N) is 2. The molecule has 3 rings (SSSR count). The Labute approximate surface area is 180 Å². The molecule has 0 fully saturated rings. The van der Waals surface area contributed by atoms with Gasteiger partial charge in [-0.25, -0.2) is 4.98 Å². The number of anilines is 3. The van der Waals surface area contributed by atoms with Crippen molar-refractivity contribution in [2.24, 2.45) is 0 Å². The van der Waals surface area contributed by atoms with E-state index in [-0.39, 0.29) is 17.9 Å². The number of carbonyl (C=O) groups excluding carboxylic acids is 1. The van der Waals surface area contributed by atoms with Crippen LogP contribution < -0.4 is 15.5 Å². The summed E-state index contributed by atoms with van der Waals surface area (Å²) in [4.78, 5) is 23.3. The van der Waals surface area contributed by atoms with E-state index in [1.165, 1.54) is 6.20 Å². The summed E-state index contributed by atoms with van der Waals surface area (Å²) in [5.74, 6) is 1.32. The van der Waals surface area contributed by atoms with Crippen LogP contribution in [0.5, 0.6) is 0 Å². The third-order valence-corrected chi connectivity index (χ3v) is 4.88. The molecule has 0 aliphatic carbocycles. The Morgan fingerprint density at radius 2 is 2.17 bits per heavy atom. The zero-order chi connectivity index (χ0) is 21.7. The minimum absolute atomic E-state index is 0.191. The predicted molar refractivity (Wildman–Crippen MR) is 119 cm³/mol. The third-order valence-electron chi connectivity index (χ3n) is 4.67. The SMILES string of the molecule is CCC(C)Nc1cc(Cl)cc2nc(NC(=O)c3ccc(N(C)CCOC)nc3)nn12. The van der Waals surface area contributed by atoms with Crippen LogP contribution in [0.4, 0.5) is 17.6 Å². The number of fused-ring (bicyclic) bond motifs is 1. The summed E-state index contributed by atoms with van der Waals surface area (Å²) in [6.45, 7) is 5.45. The van der Waals surface area contributed by atoms with Crippen LogP contribution in [0.3, 0.4) is 0 Å². The molecule has 10 heteroatoms. The van der Waals surface area contributed by atoms with Gasteiger partial charge in [-0.2, -0.15) is 9.50 Å². The molecule has 160 valence electrons. The van der Waals surface area contributed by atoms with Crippen LogP contribution in [0, 0.1) is 0 Å². The summed E-state index contributed by atoms with van der Waals surface area (Å²) in [5.41, 5.74) is 0.950. The minimum atomic E-state index is -0.341. The fraction of sp³-hybridized carbons (Fsp3) is 0.400. The fourth-order valence-electron chi connectivity index (χ4n) is 2.72. The van der Waals surface area contributed by atoms with Crippen molar-refractivity contribution in [1.82, 2.24) is 19.6 Å². The van der Waals surface area contributed by atoms with E-state index in [0.29, 0.717) is 35.2 Å². The van der Waals surface area contributed by atoms with Gasteiger partial charge in [0.15, 0.2) is 5.65 Å². The van der Waals surface area contributed by atoms with Crippen LogP contribution in [0.2, 0.25) is 5.02 Å². The van der Waals surface area contributed by atoms with Crippen molar-refractivity contribution in [1.29, 1.82) is 0 Å². The van der Waals surface area contributed by atoms with Crippen LogP contribution in [-0.2, 0) is 4.74 Å². The van der Waals surface area contributed by atoms with Gasteiger partial charge in [0.1, 0.15) is 11.6 Å². The topological polar surface area (TPSA) is 96.7 Å². The highest BCUT2D eigenvalue weighted by molar-refractivity contribution is 6.31. The van der Waals surface area contributed by atoms with Crippen LogP contribution in [-0.4, -0.2) is 58.8 Å². The molecule has 1 atom stereocenters. The smallest absolute Gasteiger partial charge is 0.259 e. The normalized spacial score (nSPS) is 12.0. The van der Waals surface area contributed by atoms with Gasteiger partial charge >= 0.3 is 0 Å². The zero-order valence-electron chi connectivity index (χ0n) is 17.5. The Balaban J connectivity index is 1.75. The van der Waals surface area contributed by atoms with Crippen LogP contribution in [0.1, 0.15) is 30.6 Å². The summed E-state index contributed by atoms with van der Waals surface area (Å²) in [7, 11) is 3.57. The van der Waals surface area contributed by atoms with Crippen molar-refractivity contribution in [3.05, 3.63) is 41.0 Å². The number of ether oxygens (including phenoxy) is 1. The number of pyridine rings is 2. The van der Waals surface area contributed by atoms with E-state index >= 15 is 0 Å². The number of hydrogen-bond acceptors (Lipinski definition) is 7. The lowest BCUT2D eigenvalue weighted by molar-refractivity contribution is 0.102. The first kappa shape index (κ1) is 21.8. The molecule has 0 bridgehead atoms. The highest BCUT2D eigenvalue weighted by Crippen LogP contribution is 2.21. The number of methoxy groups -OCH3 is 1. The summed E-state index contributed by atoms with van der Waals surface area (Å²) >= 11 is 6.20. The monoisotopic (exact) mass is 431 g/mol. The van der Waals surface area contributed by atoms with Crippen molar-refractivity contribution in [2.75, 3.05) is 42.8 Å². The Hall–Kier alpha value is -2.91. The molecule has 2 N–H and O–H groups in total. The number of carbonyl (C=O) groups is 1. The molecule has 0 spiro atoms. The molecular formula is C20H26ClN7O2. The van der Waals surface area contributed by atoms with Crippen LogP contribution in [0.25, 0.3) is 5.65 Å². The highest BCUT2D eigenvalue weighted by Gasteiger charge is 2.14. The molecule has 0 aliphatic heterocycles. The number of rotatable bonds is 9. The Bertz CT molecular complexity index is 1010. The number of likely N-dealkylation sites (N-methyl/N-ethyl adjacent to an activating group) is 1. The van der Waals surface area contributed by atoms with Crippen molar-refractivity contribution in [2.45, 2.75) is 26.3 Å². The second-order valence-corrected chi connectivity index (χ2v) is 7.43. The third kappa shape index (κ3) is 5.17. The maximum atomic E-state index is 12.6. The lowest BCUT2D eigenvalue weighted by atomic mass is 10.2. The molecule has 0 aliphatic rings. The fourth-order valence-corrected chi connectivity index (χ4v) is 2.93. The molecule has 1 unspecified atom stereocenters. The maximum absolute atomic E-state index is 12.6. The summed E-state index contributed by atoms with van der Waals surface area (Å²) in [5, 5.41) is 11.0. The average molecular weight is 432 g/mol. The first-order chi connectivity index (χ1) is 14.4. The minimum Gasteiger partial charge on any atom is -0.383 e. The van der Waals surface area contributed by atoms with Gasteiger partial charge in [0, 0.05) is 44.0 Å². The van der Waals surface area contributed by atoms with Gasteiger partial charge in [0.25, 0.3) is 5.91 Å². The number of amides is 1. The quantitative estimate of drug-likeness (QED) is 0.536. The van der Waals surface area contributed by atoms with Crippen LogP contribution in [0.15, 0.2) is 30.5 Å². The molecule has 0 aromatic carbocycles. The number of hydrogen-bond donors (Lipinski definition) is 2. The van der Waals surface area contributed by atoms with Crippen molar-refractivity contribution in [3.63, 3.8) is 0 Å². The van der Waals surface area contributed by atoms with Gasteiger partial charge in [-0.3, -0.25) is 10.1 Å². The van der Waals surface area contributed by atoms with Gasteiger partial charge in [0.2, 0.25) is 5.95 Å². The van der Waals surface area contributed by atoms with E-state index in [1.54, 1.807) is 35.9 Å². The Kier molecular flexibility index (Phi) is 7.07. The summed E-state index contributed by atoms with van der Waals surface area (Å²) < 4.78 is 6.69. The molecule has 0 saturated heterocycles. The molecular weight excluding hydrogens is 406 g/mol. The lowest BCUT2D eigenvalue weighted by Crippen LogP contribution is -2.23. The summed E-state index contributed by atoms with van der Waals surface area (Å²) in [6.07, 6.45) is 2.46. The highest BCUT2D eigenvalue weighted by atomic mass is 35.5. The molecule has 9 nitrogen and oxygen atoms in total. The Morgan fingerprint density at radius 1 is 1.37 bits per heavy atom. The molecule has 30 heavy (non-hydrogen) atoms. The van der Waals surface area contributed by atoms with E-state index in [2.05, 4.69) is 39.5 Å². The van der Waals surface area contributed by atoms with Gasteiger partial charge in [-0.05, 0) is 31.5 Å². The van der Waals surface area contributed by atoms with Crippen molar-refractivity contribution in [3.8, 4) is 0 Å². The van der Waals surface area contributed by atoms with E-state index in [0.717, 1.165) is 12.2 Å². The van der Waals surface area contributed by atoms with Crippen LogP contribution >= 0.6 is 11.6 Å². The van der Waals surface area contributed by atoms with Crippen molar-refractivity contribution < 1.29 is 9.53 Å². The number of halogens is 1. The van der Waals surface area contributed by atoms with E-state index in [9.17, 15) is 4.79 Å². The molecule has 0 radical (unpaired) electrons. The summed E-state index contributed by atoms with van der Waals surface area (Å²) in [6, 6.07) is 7.21. The zero-order valence-corrected chi connectivity index (χ0v) is 18.3. The second-order valence-electron chi connectivity index (χ2n) is 6.99. The second kappa shape index (κ2) is 9.73. The molecule has 3 heterocycles. The first-order valence-corrected chi connectivity index (χ1v) is 10.1. The average Bonchev–Trinajstić information content (AvgIpc) is 3.14. The van der Waals surface area contributed by atoms with Gasteiger partial charge < -0.3 is 15.0 Å². The van der Waals surface area contributed by atoms with Gasteiger partial charge in [0.05, 0.1) is 12.2 Å². The molecule has 3 aromatic rings. The molecule has 3 aromatic heterocycles. The van der Waals surface area contributed by atoms with E-state index < -0.39 is 0 Å². The number of aromatic nitrogens is 4. The lowest BCUT2D eigenvalue weighted by Gasteiger charge is -2.17. The van der Waals surface area contributed by atoms with E-state index in [4.69, 9.17) is 16.3 Å². The molecule has 1 amide bonds.